The van der Waals surface area contributed by atoms with E-state index in [-0.39, 0.29) is 6.61 Å². The predicted molar refractivity (Wildman–Crippen MR) is 72.3 cm³/mol. The number of amides is 1. The first kappa shape index (κ1) is 14.0. The molecule has 2 aromatic rings. The molecule has 0 saturated heterocycles. The van der Waals surface area contributed by atoms with Crippen molar-refractivity contribution in [3.8, 4) is 11.5 Å². The van der Waals surface area contributed by atoms with Crippen LogP contribution in [0.15, 0.2) is 41.0 Å². The standard InChI is InChI=1S/C14H16N2O4/c1-2-18-12-5-3-4-6-13(12)20-9-11-7-10(8-19-11)14(17)16-15/h3-8H,2,9,15H2,1H3,(H,16,17). The molecule has 106 valence electrons. The smallest absolute Gasteiger partial charge is 0.268 e. The Balaban J connectivity index is 2.02. The molecular weight excluding hydrogens is 260 g/mol. The van der Waals surface area contributed by atoms with Crippen molar-refractivity contribution in [3.63, 3.8) is 0 Å². The average Bonchev–Trinajstić information content (AvgIpc) is 2.95. The number of ether oxygens (including phenoxy) is 2. The van der Waals surface area contributed by atoms with E-state index in [1.165, 1.54) is 6.26 Å². The molecular formula is C14H16N2O4. The minimum atomic E-state index is -0.408. The minimum Gasteiger partial charge on any atom is -0.490 e. The Labute approximate surface area is 116 Å². The zero-order valence-electron chi connectivity index (χ0n) is 11.1. The Morgan fingerprint density at radius 1 is 1.30 bits per heavy atom. The zero-order valence-corrected chi connectivity index (χ0v) is 11.1. The highest BCUT2D eigenvalue weighted by atomic mass is 16.5. The number of nitrogens with one attached hydrogen (secondary N) is 1. The van der Waals surface area contributed by atoms with Crippen molar-refractivity contribution < 1.29 is 18.7 Å². The van der Waals surface area contributed by atoms with Crippen LogP contribution >= 0.6 is 0 Å². The van der Waals surface area contributed by atoms with Crippen LogP contribution in [0, 0.1) is 0 Å². The third kappa shape index (κ3) is 3.30. The van der Waals surface area contributed by atoms with Crippen LogP contribution in [-0.2, 0) is 6.61 Å². The van der Waals surface area contributed by atoms with Gasteiger partial charge in [0.1, 0.15) is 18.6 Å². The highest BCUT2D eigenvalue weighted by Gasteiger charge is 2.10. The Morgan fingerprint density at radius 3 is 2.65 bits per heavy atom. The number of carbonyl (C=O) groups excluding carboxylic acids is 1. The van der Waals surface area contributed by atoms with Crippen molar-refractivity contribution in [1.29, 1.82) is 0 Å². The van der Waals surface area contributed by atoms with Crippen LogP contribution in [0.5, 0.6) is 11.5 Å². The molecule has 0 aliphatic heterocycles. The number of nitrogens with two attached hydrogens (primary N) is 1. The fraction of sp³-hybridized carbons (Fsp3) is 0.214. The maximum absolute atomic E-state index is 11.3. The van der Waals surface area contributed by atoms with Gasteiger partial charge in [0.2, 0.25) is 0 Å². The van der Waals surface area contributed by atoms with Gasteiger partial charge in [0.25, 0.3) is 5.91 Å². The van der Waals surface area contributed by atoms with Crippen molar-refractivity contribution in [1.82, 2.24) is 5.43 Å². The summed E-state index contributed by atoms with van der Waals surface area (Å²) in [5.74, 6) is 6.45. The van der Waals surface area contributed by atoms with Gasteiger partial charge in [-0.2, -0.15) is 0 Å². The molecule has 1 amide bonds. The number of rotatable bonds is 6. The second-order valence-electron chi connectivity index (χ2n) is 3.94. The zero-order chi connectivity index (χ0) is 14.4. The number of hydrogen-bond acceptors (Lipinski definition) is 5. The first-order valence-electron chi connectivity index (χ1n) is 6.17. The average molecular weight is 276 g/mol. The molecule has 1 aromatic carbocycles. The summed E-state index contributed by atoms with van der Waals surface area (Å²) in [5, 5.41) is 0. The van der Waals surface area contributed by atoms with E-state index in [0.717, 1.165) is 0 Å². The fourth-order valence-electron chi connectivity index (χ4n) is 1.65. The number of benzene rings is 1. The summed E-state index contributed by atoms with van der Waals surface area (Å²) in [4.78, 5) is 11.3. The molecule has 0 atom stereocenters. The molecule has 6 heteroatoms. The number of nitrogen functional groups attached to an aromatic ring is 1. The monoisotopic (exact) mass is 276 g/mol. The van der Waals surface area contributed by atoms with E-state index in [1.807, 2.05) is 30.5 Å². The van der Waals surface area contributed by atoms with E-state index in [1.54, 1.807) is 12.1 Å². The summed E-state index contributed by atoms with van der Waals surface area (Å²) in [7, 11) is 0. The van der Waals surface area contributed by atoms with Crippen LogP contribution in [0.3, 0.4) is 0 Å². The van der Waals surface area contributed by atoms with Gasteiger partial charge in [-0.25, -0.2) is 5.84 Å². The molecule has 2 rings (SSSR count). The lowest BCUT2D eigenvalue weighted by molar-refractivity contribution is 0.0953. The first-order chi connectivity index (χ1) is 9.74. The van der Waals surface area contributed by atoms with Crippen LogP contribution in [0.2, 0.25) is 0 Å². The summed E-state index contributed by atoms with van der Waals surface area (Å²) in [6.07, 6.45) is 1.33. The quantitative estimate of drug-likeness (QED) is 0.478. The normalized spacial score (nSPS) is 10.1. The van der Waals surface area contributed by atoms with E-state index < -0.39 is 5.91 Å². The Hall–Kier alpha value is -2.47. The lowest BCUT2D eigenvalue weighted by Gasteiger charge is -2.10. The largest absolute Gasteiger partial charge is 0.490 e. The second-order valence-corrected chi connectivity index (χ2v) is 3.94. The SMILES string of the molecule is CCOc1ccccc1OCc1cc(C(=O)NN)co1. The second kappa shape index (κ2) is 6.63. The van der Waals surface area contributed by atoms with Gasteiger partial charge in [0.05, 0.1) is 12.2 Å². The van der Waals surface area contributed by atoms with Gasteiger partial charge in [0, 0.05) is 0 Å². The third-order valence-corrected chi connectivity index (χ3v) is 2.57. The maximum Gasteiger partial charge on any atom is 0.268 e. The molecule has 0 saturated carbocycles. The van der Waals surface area contributed by atoms with Gasteiger partial charge in [-0.3, -0.25) is 10.2 Å². The Morgan fingerprint density at radius 2 is 2.00 bits per heavy atom. The molecule has 0 unspecified atom stereocenters. The molecule has 0 aliphatic carbocycles. The molecule has 1 aromatic heterocycles. The molecule has 0 radical (unpaired) electrons. The van der Waals surface area contributed by atoms with Crippen LogP contribution in [-0.4, -0.2) is 12.5 Å². The number of carbonyl (C=O) groups is 1. The lowest BCUT2D eigenvalue weighted by atomic mass is 10.3. The molecule has 0 bridgehead atoms. The van der Waals surface area contributed by atoms with Crippen molar-refractivity contribution in [3.05, 3.63) is 47.9 Å². The van der Waals surface area contributed by atoms with Gasteiger partial charge in [0.15, 0.2) is 11.5 Å². The van der Waals surface area contributed by atoms with E-state index >= 15 is 0 Å². The Kier molecular flexibility index (Phi) is 4.62. The molecule has 0 spiro atoms. The first-order valence-corrected chi connectivity index (χ1v) is 6.17. The topological polar surface area (TPSA) is 86.7 Å². The predicted octanol–water partition coefficient (Wildman–Crippen LogP) is 1.86. The van der Waals surface area contributed by atoms with E-state index in [9.17, 15) is 4.79 Å². The molecule has 0 fully saturated rings. The summed E-state index contributed by atoms with van der Waals surface area (Å²) in [5.41, 5.74) is 2.39. The molecule has 1 heterocycles. The summed E-state index contributed by atoms with van der Waals surface area (Å²) in [6.45, 7) is 2.66. The minimum absolute atomic E-state index is 0.196. The van der Waals surface area contributed by atoms with Gasteiger partial charge in [-0.05, 0) is 25.1 Å². The fourth-order valence-corrected chi connectivity index (χ4v) is 1.65. The van der Waals surface area contributed by atoms with E-state index in [4.69, 9.17) is 19.7 Å². The van der Waals surface area contributed by atoms with Gasteiger partial charge in [-0.1, -0.05) is 12.1 Å². The molecule has 6 nitrogen and oxygen atoms in total. The molecule has 3 N–H and O–H groups in total. The van der Waals surface area contributed by atoms with Crippen LogP contribution in [0.4, 0.5) is 0 Å². The third-order valence-electron chi connectivity index (χ3n) is 2.57. The van der Waals surface area contributed by atoms with Crippen molar-refractivity contribution >= 4 is 5.91 Å². The van der Waals surface area contributed by atoms with Crippen molar-refractivity contribution in [2.75, 3.05) is 6.61 Å². The summed E-state index contributed by atoms with van der Waals surface area (Å²) >= 11 is 0. The van der Waals surface area contributed by atoms with E-state index in [0.29, 0.717) is 29.4 Å². The Bertz CT molecular complexity index is 580. The van der Waals surface area contributed by atoms with E-state index in [2.05, 4.69) is 0 Å². The number of para-hydroxylation sites is 2. The van der Waals surface area contributed by atoms with Crippen LogP contribution in [0.1, 0.15) is 23.0 Å². The number of hydrogen-bond donors (Lipinski definition) is 2. The number of hydrazine groups is 1. The molecule has 0 aliphatic rings. The van der Waals surface area contributed by atoms with Crippen LogP contribution < -0.4 is 20.7 Å². The van der Waals surface area contributed by atoms with Crippen molar-refractivity contribution in [2.45, 2.75) is 13.5 Å². The maximum atomic E-state index is 11.3. The summed E-state index contributed by atoms with van der Waals surface area (Å²) in [6, 6.07) is 8.93. The summed E-state index contributed by atoms with van der Waals surface area (Å²) < 4.78 is 16.3. The van der Waals surface area contributed by atoms with Crippen molar-refractivity contribution in [2.24, 2.45) is 5.84 Å². The van der Waals surface area contributed by atoms with Gasteiger partial charge < -0.3 is 13.9 Å². The molecule has 20 heavy (non-hydrogen) atoms. The van der Waals surface area contributed by atoms with Crippen LogP contribution in [0.25, 0.3) is 0 Å². The van der Waals surface area contributed by atoms with Gasteiger partial charge in [-0.15, -0.1) is 0 Å². The highest BCUT2D eigenvalue weighted by Crippen LogP contribution is 2.27. The lowest BCUT2D eigenvalue weighted by Crippen LogP contribution is -2.29. The highest BCUT2D eigenvalue weighted by molar-refractivity contribution is 5.93. The van der Waals surface area contributed by atoms with Gasteiger partial charge >= 0.3 is 0 Å². The number of furan rings is 1.